The van der Waals surface area contributed by atoms with Gasteiger partial charge in [-0.1, -0.05) is 0 Å². The Kier molecular flexibility index (Phi) is 1.42. The van der Waals surface area contributed by atoms with Crippen molar-refractivity contribution in [2.45, 2.75) is 0 Å². The van der Waals surface area contributed by atoms with Crippen LogP contribution in [-0.4, -0.2) is 14.9 Å². The molecule has 0 fully saturated rings. The first-order chi connectivity index (χ1) is 6.18. The van der Waals surface area contributed by atoms with Gasteiger partial charge >= 0.3 is 5.69 Å². The van der Waals surface area contributed by atoms with Gasteiger partial charge in [0.2, 0.25) is 0 Å². The number of nitrogens with one attached hydrogen (secondary N) is 1. The fourth-order valence-electron chi connectivity index (χ4n) is 1.15. The summed E-state index contributed by atoms with van der Waals surface area (Å²) in [6.45, 7) is 0. The maximum absolute atomic E-state index is 10.5. The van der Waals surface area contributed by atoms with Gasteiger partial charge in [0.15, 0.2) is 5.52 Å². The fourth-order valence-corrected chi connectivity index (χ4v) is 1.15. The normalized spacial score (nSPS) is 10.5. The first-order valence-corrected chi connectivity index (χ1v) is 3.55. The molecule has 0 spiro atoms. The van der Waals surface area contributed by atoms with Gasteiger partial charge in [-0.05, 0) is 6.07 Å². The van der Waals surface area contributed by atoms with E-state index in [1.165, 1.54) is 12.4 Å². The van der Waals surface area contributed by atoms with Crippen molar-refractivity contribution in [1.29, 1.82) is 0 Å². The molecular formula is C7H6N4O2. The second-order valence-corrected chi connectivity index (χ2v) is 2.60. The number of nitrogens with zero attached hydrogens (tertiary/aromatic N) is 2. The smallest absolute Gasteiger partial charge is 0.312 e. The number of nitro groups is 1. The Hall–Kier alpha value is -2.11. The van der Waals surface area contributed by atoms with E-state index in [4.69, 9.17) is 5.73 Å². The van der Waals surface area contributed by atoms with Crippen LogP contribution in [0.2, 0.25) is 0 Å². The van der Waals surface area contributed by atoms with E-state index >= 15 is 0 Å². The molecule has 2 rings (SSSR count). The van der Waals surface area contributed by atoms with Gasteiger partial charge in [0, 0.05) is 0 Å². The summed E-state index contributed by atoms with van der Waals surface area (Å²) in [5.74, 6) is 0. The molecule has 0 amide bonds. The van der Waals surface area contributed by atoms with E-state index in [-0.39, 0.29) is 5.69 Å². The standard InChI is InChI=1S/C7H6N4O2/c8-4-1-5-7(10-2-4)6(3-9-5)11(12)13/h1-3,9H,8H2. The molecule has 0 saturated carbocycles. The quantitative estimate of drug-likeness (QED) is 0.503. The largest absolute Gasteiger partial charge is 0.397 e. The van der Waals surface area contributed by atoms with E-state index in [9.17, 15) is 10.1 Å². The zero-order chi connectivity index (χ0) is 9.42. The van der Waals surface area contributed by atoms with Crippen molar-refractivity contribution >= 4 is 22.4 Å². The zero-order valence-corrected chi connectivity index (χ0v) is 6.52. The van der Waals surface area contributed by atoms with Gasteiger partial charge < -0.3 is 10.7 Å². The summed E-state index contributed by atoms with van der Waals surface area (Å²) in [6.07, 6.45) is 2.69. The number of anilines is 1. The number of nitrogens with two attached hydrogens (primary N) is 1. The highest BCUT2D eigenvalue weighted by Gasteiger charge is 2.14. The average Bonchev–Trinajstić information content (AvgIpc) is 2.46. The molecule has 13 heavy (non-hydrogen) atoms. The molecule has 6 heteroatoms. The molecular weight excluding hydrogens is 172 g/mol. The summed E-state index contributed by atoms with van der Waals surface area (Å²) in [4.78, 5) is 16.6. The van der Waals surface area contributed by atoms with Crippen LogP contribution in [0.4, 0.5) is 11.4 Å². The molecule has 6 nitrogen and oxygen atoms in total. The number of fused-ring (bicyclic) bond motifs is 1. The highest BCUT2D eigenvalue weighted by molar-refractivity contribution is 5.86. The van der Waals surface area contributed by atoms with E-state index in [1.54, 1.807) is 6.07 Å². The lowest BCUT2D eigenvalue weighted by Gasteiger charge is -1.91. The molecule has 0 bridgehead atoms. The van der Waals surface area contributed by atoms with Gasteiger partial charge in [0.25, 0.3) is 0 Å². The van der Waals surface area contributed by atoms with Gasteiger partial charge in [0.1, 0.15) is 0 Å². The Bertz CT molecular complexity index is 476. The Balaban J connectivity index is 2.76. The number of aromatic nitrogens is 2. The second-order valence-electron chi connectivity index (χ2n) is 2.60. The number of hydrogen-bond donors (Lipinski definition) is 2. The van der Waals surface area contributed by atoms with Crippen molar-refractivity contribution in [3.8, 4) is 0 Å². The lowest BCUT2D eigenvalue weighted by Crippen LogP contribution is -1.89. The van der Waals surface area contributed by atoms with Crippen LogP contribution in [0.5, 0.6) is 0 Å². The molecule has 0 radical (unpaired) electrons. The molecule has 0 atom stereocenters. The third-order valence-corrected chi connectivity index (χ3v) is 1.71. The van der Waals surface area contributed by atoms with Crippen molar-refractivity contribution in [2.75, 3.05) is 5.73 Å². The van der Waals surface area contributed by atoms with Gasteiger partial charge in [-0.2, -0.15) is 0 Å². The average molecular weight is 178 g/mol. The molecule has 0 aliphatic heterocycles. The predicted molar refractivity (Wildman–Crippen MR) is 47.2 cm³/mol. The van der Waals surface area contributed by atoms with Crippen LogP contribution in [0.1, 0.15) is 0 Å². The van der Waals surface area contributed by atoms with Crippen LogP contribution in [0.15, 0.2) is 18.5 Å². The highest BCUT2D eigenvalue weighted by atomic mass is 16.6. The number of pyridine rings is 1. The minimum absolute atomic E-state index is 0.0324. The number of nitrogen functional groups attached to an aromatic ring is 1. The monoisotopic (exact) mass is 178 g/mol. The van der Waals surface area contributed by atoms with Gasteiger partial charge in [0.05, 0.1) is 28.5 Å². The molecule has 0 aliphatic carbocycles. The first kappa shape index (κ1) is 7.53. The first-order valence-electron chi connectivity index (χ1n) is 3.55. The van der Waals surface area contributed by atoms with Crippen molar-refractivity contribution in [3.05, 3.63) is 28.6 Å². The van der Waals surface area contributed by atoms with Crippen LogP contribution >= 0.6 is 0 Å². The topological polar surface area (TPSA) is 97.8 Å². The number of hydrogen-bond acceptors (Lipinski definition) is 4. The van der Waals surface area contributed by atoms with E-state index in [1.807, 2.05) is 0 Å². The molecule has 0 aliphatic rings. The maximum atomic E-state index is 10.5. The van der Waals surface area contributed by atoms with Crippen LogP contribution in [0.25, 0.3) is 11.0 Å². The van der Waals surface area contributed by atoms with E-state index in [2.05, 4.69) is 9.97 Å². The molecule has 0 aromatic carbocycles. The Morgan fingerprint density at radius 2 is 2.38 bits per heavy atom. The summed E-state index contributed by atoms with van der Waals surface area (Å²) >= 11 is 0. The van der Waals surface area contributed by atoms with Crippen molar-refractivity contribution in [2.24, 2.45) is 0 Å². The zero-order valence-electron chi connectivity index (χ0n) is 6.52. The minimum Gasteiger partial charge on any atom is -0.397 e. The van der Waals surface area contributed by atoms with E-state index in [0.29, 0.717) is 16.7 Å². The predicted octanol–water partition coefficient (Wildman–Crippen LogP) is 1.05. The number of H-pyrrole nitrogens is 1. The van der Waals surface area contributed by atoms with Crippen molar-refractivity contribution in [3.63, 3.8) is 0 Å². The summed E-state index contributed by atoms with van der Waals surface area (Å²) in [5.41, 5.74) is 6.81. The van der Waals surface area contributed by atoms with Gasteiger partial charge in [-0.15, -0.1) is 0 Å². The third kappa shape index (κ3) is 1.08. The molecule has 66 valence electrons. The Morgan fingerprint density at radius 3 is 3.08 bits per heavy atom. The van der Waals surface area contributed by atoms with Crippen molar-refractivity contribution < 1.29 is 4.92 Å². The van der Waals surface area contributed by atoms with Crippen LogP contribution in [0, 0.1) is 10.1 Å². The summed E-state index contributed by atoms with van der Waals surface area (Å²) in [5, 5.41) is 10.5. The number of rotatable bonds is 1. The minimum atomic E-state index is -0.484. The molecule has 0 unspecified atom stereocenters. The lowest BCUT2D eigenvalue weighted by atomic mass is 10.3. The molecule has 2 heterocycles. The van der Waals surface area contributed by atoms with Crippen LogP contribution in [-0.2, 0) is 0 Å². The van der Waals surface area contributed by atoms with Crippen LogP contribution in [0.3, 0.4) is 0 Å². The molecule has 3 N–H and O–H groups in total. The fraction of sp³-hybridized carbons (Fsp3) is 0. The van der Waals surface area contributed by atoms with Crippen LogP contribution < -0.4 is 5.73 Å². The van der Waals surface area contributed by atoms with Gasteiger partial charge in [-0.25, -0.2) is 4.98 Å². The maximum Gasteiger partial charge on any atom is 0.312 e. The lowest BCUT2D eigenvalue weighted by molar-refractivity contribution is -0.383. The highest BCUT2D eigenvalue weighted by Crippen LogP contribution is 2.23. The van der Waals surface area contributed by atoms with Crippen molar-refractivity contribution in [1.82, 2.24) is 9.97 Å². The SMILES string of the molecule is Nc1cnc2c([N+](=O)[O-])c[nH]c2c1. The Labute approximate surface area is 72.5 Å². The summed E-state index contributed by atoms with van der Waals surface area (Å²) < 4.78 is 0. The summed E-state index contributed by atoms with van der Waals surface area (Å²) in [7, 11) is 0. The third-order valence-electron chi connectivity index (χ3n) is 1.71. The summed E-state index contributed by atoms with van der Waals surface area (Å²) in [6, 6.07) is 1.61. The molecule has 2 aromatic heterocycles. The Morgan fingerprint density at radius 1 is 1.62 bits per heavy atom. The molecule has 0 saturated heterocycles. The van der Waals surface area contributed by atoms with E-state index < -0.39 is 4.92 Å². The molecule has 2 aromatic rings. The number of aromatic amines is 1. The van der Waals surface area contributed by atoms with E-state index in [0.717, 1.165) is 0 Å². The van der Waals surface area contributed by atoms with Gasteiger partial charge in [-0.3, -0.25) is 10.1 Å². The second kappa shape index (κ2) is 2.44.